The summed E-state index contributed by atoms with van der Waals surface area (Å²) in [5, 5.41) is 15.0. The van der Waals surface area contributed by atoms with Crippen molar-refractivity contribution >= 4 is 38.2 Å². The van der Waals surface area contributed by atoms with Crippen molar-refractivity contribution < 1.29 is 27.9 Å². The number of amides is 1. The number of hydrogen-bond acceptors (Lipinski definition) is 9. The summed E-state index contributed by atoms with van der Waals surface area (Å²) in [5.41, 5.74) is 4.19. The molecule has 2 aromatic carbocycles. The van der Waals surface area contributed by atoms with Gasteiger partial charge in [-0.2, -0.15) is 15.3 Å². The van der Waals surface area contributed by atoms with Gasteiger partial charge in [0.25, 0.3) is 0 Å². The molecule has 4 atom stereocenters. The second kappa shape index (κ2) is 12.9. The minimum Gasteiger partial charge on any atom is -0.489 e. The molecule has 4 aromatic heterocycles. The molecule has 6 aromatic rings. The molecule has 14 heteroatoms. The number of hydroxylamine groups is 2. The third-order valence-electron chi connectivity index (χ3n) is 9.82. The fourth-order valence-electron chi connectivity index (χ4n) is 7.21. The Labute approximate surface area is 307 Å². The largest absolute Gasteiger partial charge is 0.489 e. The van der Waals surface area contributed by atoms with E-state index in [1.54, 1.807) is 16.5 Å². The number of halogens is 2. The Bertz CT molecular complexity index is 2490. The summed E-state index contributed by atoms with van der Waals surface area (Å²) in [6.07, 6.45) is 6.68. The predicted octanol–water partition coefficient (Wildman–Crippen LogP) is 6.91. The van der Waals surface area contributed by atoms with E-state index < -0.39 is 17.7 Å². The van der Waals surface area contributed by atoms with Crippen LogP contribution >= 0.6 is 11.3 Å². The van der Waals surface area contributed by atoms with Crippen molar-refractivity contribution in [3.8, 4) is 45.3 Å². The number of ether oxygens (including phenoxy) is 2. The zero-order valence-electron chi connectivity index (χ0n) is 29.3. The van der Waals surface area contributed by atoms with E-state index in [2.05, 4.69) is 11.7 Å². The Kier molecular flexibility index (Phi) is 8.13. The molecule has 1 saturated heterocycles. The third-order valence-corrected chi connectivity index (χ3v) is 10.7. The van der Waals surface area contributed by atoms with Crippen LogP contribution in [0, 0.1) is 11.6 Å². The van der Waals surface area contributed by atoms with Gasteiger partial charge in [-0.05, 0) is 49.6 Å². The second-order valence-corrected chi connectivity index (χ2v) is 14.6. The van der Waals surface area contributed by atoms with Crippen LogP contribution in [0.1, 0.15) is 19.5 Å². The Morgan fingerprint density at radius 2 is 1.92 bits per heavy atom. The normalized spacial score (nSPS) is 21.8. The van der Waals surface area contributed by atoms with Gasteiger partial charge in [0.2, 0.25) is 5.91 Å². The molecule has 270 valence electrons. The fourth-order valence-corrected chi connectivity index (χ4v) is 8.15. The van der Waals surface area contributed by atoms with Crippen LogP contribution in [-0.4, -0.2) is 78.4 Å². The number of benzene rings is 2. The second-order valence-electron chi connectivity index (χ2n) is 13.7. The summed E-state index contributed by atoms with van der Waals surface area (Å²) >= 11 is 1.42. The van der Waals surface area contributed by atoms with E-state index in [-0.39, 0.29) is 35.9 Å². The van der Waals surface area contributed by atoms with E-state index in [0.717, 1.165) is 33.6 Å². The van der Waals surface area contributed by atoms with Gasteiger partial charge in [0.15, 0.2) is 0 Å². The average molecular weight is 736 g/mol. The molecule has 0 N–H and O–H groups in total. The lowest BCUT2D eigenvalue weighted by atomic mass is 9.96. The van der Waals surface area contributed by atoms with Gasteiger partial charge in [-0.1, -0.05) is 12.7 Å². The first kappa shape index (κ1) is 33.4. The molecule has 11 nitrogen and oxygen atoms in total. The van der Waals surface area contributed by atoms with Gasteiger partial charge in [0.05, 0.1) is 41.6 Å². The number of aryl methyl sites for hydroxylation is 1. The van der Waals surface area contributed by atoms with Crippen molar-refractivity contribution in [2.75, 3.05) is 19.8 Å². The number of carbonyl (C=O) groups is 1. The highest BCUT2D eigenvalue weighted by molar-refractivity contribution is 7.18. The van der Waals surface area contributed by atoms with Crippen LogP contribution in [-0.2, 0) is 29.8 Å². The lowest BCUT2D eigenvalue weighted by Crippen LogP contribution is -2.44. The van der Waals surface area contributed by atoms with Crippen LogP contribution in [0.5, 0.6) is 11.5 Å². The molecule has 4 aliphatic heterocycles. The molecular formula is C39H35F2N7O4S. The van der Waals surface area contributed by atoms with Crippen molar-refractivity contribution in [3.05, 3.63) is 90.1 Å². The third kappa shape index (κ3) is 5.96. The van der Waals surface area contributed by atoms with Crippen LogP contribution in [0.2, 0.25) is 0 Å². The lowest BCUT2D eigenvalue weighted by molar-refractivity contribution is -0.129. The first-order valence-electron chi connectivity index (χ1n) is 17.4. The molecule has 8 heterocycles. The highest BCUT2D eigenvalue weighted by Crippen LogP contribution is 2.49. The van der Waals surface area contributed by atoms with Crippen molar-refractivity contribution in [1.82, 2.24) is 34.5 Å². The van der Waals surface area contributed by atoms with Crippen LogP contribution in [0.3, 0.4) is 0 Å². The fraction of sp³-hybridized carbons (Fsp3) is 0.282. The predicted molar refractivity (Wildman–Crippen MR) is 197 cm³/mol. The van der Waals surface area contributed by atoms with Crippen molar-refractivity contribution in [2.24, 2.45) is 7.05 Å². The van der Waals surface area contributed by atoms with Crippen LogP contribution in [0.4, 0.5) is 8.78 Å². The van der Waals surface area contributed by atoms with Crippen LogP contribution in [0.15, 0.2) is 72.8 Å². The molecular weight excluding hydrogens is 701 g/mol. The highest BCUT2D eigenvalue weighted by atomic mass is 32.1. The van der Waals surface area contributed by atoms with Gasteiger partial charge in [-0.25, -0.2) is 13.8 Å². The van der Waals surface area contributed by atoms with E-state index in [0.29, 0.717) is 59.3 Å². The van der Waals surface area contributed by atoms with Gasteiger partial charge < -0.3 is 14.4 Å². The maximum Gasteiger partial charge on any atom is 0.246 e. The van der Waals surface area contributed by atoms with Crippen LogP contribution < -0.4 is 9.47 Å². The molecule has 0 aliphatic carbocycles. The molecule has 2 bridgehead atoms. The number of hydrogen-bond donors (Lipinski definition) is 0. The molecule has 0 radical (unpaired) electrons. The van der Waals surface area contributed by atoms with E-state index in [1.165, 1.54) is 23.5 Å². The van der Waals surface area contributed by atoms with Gasteiger partial charge in [0, 0.05) is 70.6 Å². The van der Waals surface area contributed by atoms with E-state index in [9.17, 15) is 4.79 Å². The monoisotopic (exact) mass is 735 g/mol. The summed E-state index contributed by atoms with van der Waals surface area (Å²) in [4.78, 5) is 25.8. The number of fused-ring (bicyclic) bond motifs is 8. The lowest BCUT2D eigenvalue weighted by Gasteiger charge is -2.33. The number of nitrogens with zero attached hydrogens (tertiary/aromatic N) is 7. The number of carbonyl (C=O) groups excluding carboxylic acids is 1. The van der Waals surface area contributed by atoms with Crippen molar-refractivity contribution in [1.29, 1.82) is 0 Å². The summed E-state index contributed by atoms with van der Waals surface area (Å²) in [5.74, 6) is -1.15. The average Bonchev–Trinajstić information content (AvgIpc) is 3.40. The molecule has 10 rings (SSSR count). The smallest absolute Gasteiger partial charge is 0.246 e. The topological polar surface area (TPSA) is 99.5 Å². The van der Waals surface area contributed by atoms with Gasteiger partial charge in [0.1, 0.15) is 53.8 Å². The van der Waals surface area contributed by atoms with Gasteiger partial charge in [-0.3, -0.25) is 19.0 Å². The standard InChI is InChI=1S/C39H35F2N7O4S/c1-5-34(49)46-18-26-14-31(44-47(26)16-21(46)2)38-36-35-29(41)12-24(40)13-33(35)52-22(3)20-51-48-19-25(48)7-6-9-50-32-15-30-23(17-45(4)43-30)11-28(32)37(42-38)27-8-10-53-39(27)36/h5-8,10-15,17,21-22,25H,1,9,16,18-20H2,2-4H3/b7-6+/t21-,22+,25?,48?/m0/s1. The summed E-state index contributed by atoms with van der Waals surface area (Å²) < 4.78 is 48.6. The minimum atomic E-state index is -0.801. The Morgan fingerprint density at radius 1 is 1.06 bits per heavy atom. The first-order chi connectivity index (χ1) is 25.6. The molecule has 4 aliphatic rings. The van der Waals surface area contributed by atoms with Crippen LogP contribution in [0.25, 0.3) is 54.8 Å². The molecule has 0 saturated carbocycles. The van der Waals surface area contributed by atoms with E-state index >= 15 is 8.78 Å². The number of thiophene rings is 1. The molecule has 0 spiro atoms. The Balaban J connectivity index is 1.32. The van der Waals surface area contributed by atoms with Gasteiger partial charge in [-0.15, -0.1) is 11.3 Å². The summed E-state index contributed by atoms with van der Waals surface area (Å²) in [6.45, 7) is 9.34. The number of rotatable bonds is 2. The van der Waals surface area contributed by atoms with E-state index in [4.69, 9.17) is 24.4 Å². The SMILES string of the molecule is C=CC(=O)N1Cc2cc(-c3nc4c5ccsc5c3-c3c(F)cc(F)cc3O[C@H](C)CON3CC3/C=C/COc3cc5nn(C)cc5cc3-4)nn2C[C@@H]1C. The van der Waals surface area contributed by atoms with E-state index in [1.807, 2.05) is 71.7 Å². The highest BCUT2D eigenvalue weighted by Gasteiger charge is 2.34. The molecule has 2 unspecified atom stereocenters. The maximum absolute atomic E-state index is 16.5. The molecule has 1 fully saturated rings. The molecule has 1 amide bonds. The quantitative estimate of drug-likeness (QED) is 0.108. The summed E-state index contributed by atoms with van der Waals surface area (Å²) in [7, 11) is 1.87. The number of pyridine rings is 1. The minimum absolute atomic E-state index is 0.0219. The van der Waals surface area contributed by atoms with Gasteiger partial charge >= 0.3 is 0 Å². The maximum atomic E-state index is 16.5. The zero-order chi connectivity index (χ0) is 36.5. The Hall–Kier alpha value is -5.44. The Morgan fingerprint density at radius 3 is 2.77 bits per heavy atom. The number of aromatic nitrogens is 5. The molecule has 53 heavy (non-hydrogen) atoms. The van der Waals surface area contributed by atoms with Crippen molar-refractivity contribution in [3.63, 3.8) is 0 Å². The first-order valence-corrected chi connectivity index (χ1v) is 18.3. The zero-order valence-corrected chi connectivity index (χ0v) is 30.1. The summed E-state index contributed by atoms with van der Waals surface area (Å²) in [6, 6.07) is 9.74. The van der Waals surface area contributed by atoms with Crippen molar-refractivity contribution in [2.45, 2.75) is 45.1 Å².